The van der Waals surface area contributed by atoms with Gasteiger partial charge in [0.1, 0.15) is 11.7 Å². The number of aliphatic carboxylic acids is 1. The van der Waals surface area contributed by atoms with Crippen molar-refractivity contribution in [2.24, 2.45) is 0 Å². The Kier molecular flexibility index (Phi) is 4.83. The third-order valence-corrected chi connectivity index (χ3v) is 3.71. The number of aromatic nitrogens is 4. The number of carboxylic acid groups (broad SMARTS) is 1. The van der Waals surface area contributed by atoms with Crippen molar-refractivity contribution in [3.63, 3.8) is 0 Å². The average Bonchev–Trinajstić information content (AvgIpc) is 3.13. The van der Waals surface area contributed by atoms with Crippen molar-refractivity contribution >= 4 is 11.9 Å². The van der Waals surface area contributed by atoms with Crippen LogP contribution in [0.3, 0.4) is 0 Å². The molecule has 0 aliphatic rings. The summed E-state index contributed by atoms with van der Waals surface area (Å²) < 4.78 is 3.09. The Bertz CT molecular complexity index is 719. The van der Waals surface area contributed by atoms with Crippen molar-refractivity contribution in [1.82, 2.24) is 24.5 Å². The maximum Gasteiger partial charge on any atom is 0.328 e. The van der Waals surface area contributed by atoms with E-state index in [-0.39, 0.29) is 11.6 Å². The fourth-order valence-corrected chi connectivity index (χ4v) is 2.18. The van der Waals surface area contributed by atoms with Gasteiger partial charge >= 0.3 is 5.97 Å². The number of aryl methyl sites for hydroxylation is 2. The molecule has 0 bridgehead atoms. The summed E-state index contributed by atoms with van der Waals surface area (Å²) in [6, 6.07) is 0.715. The van der Waals surface area contributed by atoms with Gasteiger partial charge in [-0.1, -0.05) is 0 Å². The zero-order chi connectivity index (χ0) is 17.1. The van der Waals surface area contributed by atoms with Crippen LogP contribution in [0.1, 0.15) is 41.6 Å². The number of amides is 1. The molecule has 0 aliphatic carbocycles. The molecule has 0 fully saturated rings. The van der Waals surface area contributed by atoms with Crippen LogP contribution in [0.25, 0.3) is 0 Å². The van der Waals surface area contributed by atoms with Gasteiger partial charge in [0.2, 0.25) is 0 Å². The fraction of sp³-hybridized carbons (Fsp3) is 0.467. The van der Waals surface area contributed by atoms with Crippen LogP contribution < -0.4 is 0 Å². The average molecular weight is 319 g/mol. The second-order valence-corrected chi connectivity index (χ2v) is 5.45. The van der Waals surface area contributed by atoms with Gasteiger partial charge in [0.05, 0.1) is 5.69 Å². The van der Waals surface area contributed by atoms with E-state index < -0.39 is 12.0 Å². The van der Waals surface area contributed by atoms with E-state index in [2.05, 4.69) is 10.2 Å². The van der Waals surface area contributed by atoms with Crippen LogP contribution >= 0.6 is 0 Å². The standard InChI is InChI=1S/C15H21N5O3/c1-5-19-9-12(10(2)16-19)8-18(4)14(21)13-6-7-20(17-13)11(3)15(22)23/h6-7,9,11H,5,8H2,1-4H3,(H,22,23). The van der Waals surface area contributed by atoms with Crippen molar-refractivity contribution in [1.29, 1.82) is 0 Å². The predicted molar refractivity (Wildman–Crippen MR) is 83.0 cm³/mol. The first-order chi connectivity index (χ1) is 10.8. The highest BCUT2D eigenvalue weighted by molar-refractivity contribution is 5.92. The van der Waals surface area contributed by atoms with Crippen LogP contribution in [-0.4, -0.2) is 48.5 Å². The molecule has 2 heterocycles. The first kappa shape index (κ1) is 16.7. The summed E-state index contributed by atoms with van der Waals surface area (Å²) in [5.41, 5.74) is 2.08. The zero-order valence-corrected chi connectivity index (χ0v) is 13.7. The van der Waals surface area contributed by atoms with Gasteiger partial charge in [-0.2, -0.15) is 10.2 Å². The number of carbonyl (C=O) groups is 2. The van der Waals surface area contributed by atoms with Gasteiger partial charge in [-0.3, -0.25) is 14.2 Å². The highest BCUT2D eigenvalue weighted by Gasteiger charge is 2.20. The van der Waals surface area contributed by atoms with Crippen molar-refractivity contribution in [3.8, 4) is 0 Å². The second kappa shape index (κ2) is 6.64. The third kappa shape index (κ3) is 3.58. The third-order valence-electron chi connectivity index (χ3n) is 3.71. The lowest BCUT2D eigenvalue weighted by Gasteiger charge is -2.15. The van der Waals surface area contributed by atoms with E-state index in [1.54, 1.807) is 11.9 Å². The first-order valence-corrected chi connectivity index (χ1v) is 7.39. The number of carboxylic acids is 1. The summed E-state index contributed by atoms with van der Waals surface area (Å²) in [5.74, 6) is -1.26. The van der Waals surface area contributed by atoms with Crippen LogP contribution in [0.5, 0.6) is 0 Å². The van der Waals surface area contributed by atoms with E-state index in [1.165, 1.54) is 23.9 Å². The minimum Gasteiger partial charge on any atom is -0.480 e. The van der Waals surface area contributed by atoms with Crippen LogP contribution in [0.2, 0.25) is 0 Å². The van der Waals surface area contributed by atoms with Crippen LogP contribution in [0.4, 0.5) is 0 Å². The Morgan fingerprint density at radius 1 is 1.39 bits per heavy atom. The molecular weight excluding hydrogens is 298 g/mol. The molecule has 2 aromatic heterocycles. The topological polar surface area (TPSA) is 93.2 Å². The Morgan fingerprint density at radius 3 is 2.65 bits per heavy atom. The maximum absolute atomic E-state index is 12.4. The van der Waals surface area contributed by atoms with E-state index in [0.717, 1.165) is 17.8 Å². The molecule has 124 valence electrons. The molecule has 0 radical (unpaired) electrons. The van der Waals surface area contributed by atoms with Gasteiger partial charge < -0.3 is 10.0 Å². The van der Waals surface area contributed by atoms with Crippen molar-refractivity contribution in [3.05, 3.63) is 35.4 Å². The summed E-state index contributed by atoms with van der Waals surface area (Å²) in [4.78, 5) is 24.9. The summed E-state index contributed by atoms with van der Waals surface area (Å²) >= 11 is 0. The van der Waals surface area contributed by atoms with Crippen LogP contribution in [-0.2, 0) is 17.9 Å². The Labute approximate surface area is 134 Å². The molecule has 2 aromatic rings. The number of hydrogen-bond acceptors (Lipinski definition) is 4. The Hall–Kier alpha value is -2.64. The molecular formula is C15H21N5O3. The molecule has 23 heavy (non-hydrogen) atoms. The SMILES string of the molecule is CCn1cc(CN(C)C(=O)c2ccn(C(C)C(=O)O)n2)c(C)n1. The van der Waals surface area contributed by atoms with E-state index in [0.29, 0.717) is 6.54 Å². The normalized spacial score (nSPS) is 12.2. The quantitative estimate of drug-likeness (QED) is 0.867. The lowest BCUT2D eigenvalue weighted by atomic mass is 10.2. The molecule has 0 saturated carbocycles. The number of carbonyl (C=O) groups excluding carboxylic acids is 1. The van der Waals surface area contributed by atoms with E-state index in [9.17, 15) is 9.59 Å². The number of nitrogens with zero attached hydrogens (tertiary/aromatic N) is 5. The maximum atomic E-state index is 12.4. The lowest BCUT2D eigenvalue weighted by molar-refractivity contribution is -0.140. The van der Waals surface area contributed by atoms with Gasteiger partial charge in [-0.15, -0.1) is 0 Å². The smallest absolute Gasteiger partial charge is 0.328 e. The molecule has 0 aliphatic heterocycles. The Morgan fingerprint density at radius 2 is 2.09 bits per heavy atom. The number of hydrogen-bond donors (Lipinski definition) is 1. The fourth-order valence-electron chi connectivity index (χ4n) is 2.18. The predicted octanol–water partition coefficient (Wildman–Crippen LogP) is 1.33. The summed E-state index contributed by atoms with van der Waals surface area (Å²) in [6.07, 6.45) is 3.42. The second-order valence-electron chi connectivity index (χ2n) is 5.45. The minimum absolute atomic E-state index is 0.223. The molecule has 1 unspecified atom stereocenters. The summed E-state index contributed by atoms with van der Waals surface area (Å²) in [5, 5.41) is 17.4. The van der Waals surface area contributed by atoms with Crippen LogP contribution in [0, 0.1) is 6.92 Å². The van der Waals surface area contributed by atoms with Crippen molar-refractivity contribution in [2.45, 2.75) is 39.9 Å². The highest BCUT2D eigenvalue weighted by Crippen LogP contribution is 2.12. The van der Waals surface area contributed by atoms with E-state index in [1.807, 2.05) is 24.7 Å². The van der Waals surface area contributed by atoms with Crippen LogP contribution in [0.15, 0.2) is 18.5 Å². The minimum atomic E-state index is -0.997. The van der Waals surface area contributed by atoms with Gasteiger partial charge in [-0.05, 0) is 26.8 Å². The van der Waals surface area contributed by atoms with E-state index >= 15 is 0 Å². The molecule has 1 atom stereocenters. The lowest BCUT2D eigenvalue weighted by Crippen LogP contribution is -2.27. The summed E-state index contributed by atoms with van der Waals surface area (Å²) in [6.45, 7) is 6.61. The molecule has 1 amide bonds. The van der Waals surface area contributed by atoms with Gasteiger partial charge in [0.15, 0.2) is 0 Å². The molecule has 0 aromatic carbocycles. The molecule has 8 nitrogen and oxygen atoms in total. The number of rotatable bonds is 6. The monoisotopic (exact) mass is 319 g/mol. The molecule has 2 rings (SSSR count). The van der Waals surface area contributed by atoms with Gasteiger partial charge in [0, 0.05) is 38.1 Å². The van der Waals surface area contributed by atoms with E-state index in [4.69, 9.17) is 5.11 Å². The largest absolute Gasteiger partial charge is 0.480 e. The highest BCUT2D eigenvalue weighted by atomic mass is 16.4. The molecule has 8 heteroatoms. The zero-order valence-electron chi connectivity index (χ0n) is 13.7. The summed E-state index contributed by atoms with van der Waals surface area (Å²) in [7, 11) is 1.69. The molecule has 0 spiro atoms. The molecule has 1 N–H and O–H groups in total. The first-order valence-electron chi connectivity index (χ1n) is 7.39. The van der Waals surface area contributed by atoms with Crippen molar-refractivity contribution in [2.75, 3.05) is 7.05 Å². The molecule has 0 saturated heterocycles. The van der Waals surface area contributed by atoms with Crippen molar-refractivity contribution < 1.29 is 14.7 Å². The van der Waals surface area contributed by atoms with Gasteiger partial charge in [0.25, 0.3) is 5.91 Å². The van der Waals surface area contributed by atoms with Gasteiger partial charge in [-0.25, -0.2) is 4.79 Å². The Balaban J connectivity index is 2.10.